The minimum Gasteiger partial charge on any atom is -0.373 e. The maximum Gasteiger partial charge on any atom is 0.246 e. The Morgan fingerprint density at radius 1 is 1.15 bits per heavy atom. The Morgan fingerprint density at radius 3 is 2.62 bits per heavy atom. The number of carbonyl (C=O) groups is 1. The summed E-state index contributed by atoms with van der Waals surface area (Å²) in [5.41, 5.74) is 2.05. The van der Waals surface area contributed by atoms with Crippen LogP contribution in [0.3, 0.4) is 0 Å². The monoisotopic (exact) mass is 564 g/mol. The SMILES string of the molecule is CC1CN(Cc2cc(Nc3nc4cccnc4s3)nc(NC3CCN(C(=O)C=CCN(C)C)CC3)c2)CC(C)O1. The van der Waals surface area contributed by atoms with Crippen molar-refractivity contribution in [2.75, 3.05) is 57.5 Å². The summed E-state index contributed by atoms with van der Waals surface area (Å²) in [6, 6.07) is 8.38. The van der Waals surface area contributed by atoms with Crippen LogP contribution in [0.4, 0.5) is 16.8 Å². The topological polar surface area (TPSA) is 98.8 Å². The van der Waals surface area contributed by atoms with Crippen LogP contribution >= 0.6 is 11.3 Å². The van der Waals surface area contributed by atoms with Crippen molar-refractivity contribution in [3.8, 4) is 0 Å². The number of nitrogens with zero attached hydrogens (tertiary/aromatic N) is 6. The van der Waals surface area contributed by atoms with Crippen LogP contribution in [0, 0.1) is 0 Å². The highest BCUT2D eigenvalue weighted by atomic mass is 32.1. The third-order valence-electron chi connectivity index (χ3n) is 7.08. The number of hydrogen-bond acceptors (Lipinski definition) is 10. The number of fused-ring (bicyclic) bond motifs is 1. The molecule has 0 bridgehead atoms. The van der Waals surface area contributed by atoms with Crippen LogP contribution in [0.25, 0.3) is 10.3 Å². The lowest BCUT2D eigenvalue weighted by molar-refractivity contribution is -0.126. The van der Waals surface area contributed by atoms with Crippen LogP contribution in [0.1, 0.15) is 32.3 Å². The van der Waals surface area contributed by atoms with Gasteiger partial charge in [0.25, 0.3) is 0 Å². The van der Waals surface area contributed by atoms with Gasteiger partial charge in [0.05, 0.1) is 12.2 Å². The van der Waals surface area contributed by atoms with Crippen molar-refractivity contribution in [3.63, 3.8) is 0 Å². The van der Waals surface area contributed by atoms with Crippen LogP contribution in [-0.4, -0.2) is 101 Å². The molecule has 1 amide bonds. The van der Waals surface area contributed by atoms with Crippen molar-refractivity contribution >= 4 is 44.4 Å². The molecule has 0 spiro atoms. The van der Waals surface area contributed by atoms with Gasteiger partial charge in [-0.15, -0.1) is 0 Å². The van der Waals surface area contributed by atoms with E-state index in [0.29, 0.717) is 0 Å². The molecule has 2 N–H and O–H groups in total. The lowest BCUT2D eigenvalue weighted by atomic mass is 10.0. The van der Waals surface area contributed by atoms with Crippen molar-refractivity contribution in [2.45, 2.75) is 51.5 Å². The maximum atomic E-state index is 12.6. The third kappa shape index (κ3) is 7.75. The van der Waals surface area contributed by atoms with E-state index in [1.807, 2.05) is 42.1 Å². The van der Waals surface area contributed by atoms with Crippen LogP contribution in [0.5, 0.6) is 0 Å². The number of hydrogen-bond donors (Lipinski definition) is 2. The molecule has 0 radical (unpaired) electrons. The van der Waals surface area contributed by atoms with E-state index >= 15 is 0 Å². The Bertz CT molecular complexity index is 1280. The highest BCUT2D eigenvalue weighted by Gasteiger charge is 2.24. The highest BCUT2D eigenvalue weighted by Crippen LogP contribution is 2.28. The molecule has 214 valence electrons. The van der Waals surface area contributed by atoms with E-state index in [0.717, 1.165) is 79.2 Å². The largest absolute Gasteiger partial charge is 0.373 e. The van der Waals surface area contributed by atoms with Crippen molar-refractivity contribution in [1.29, 1.82) is 0 Å². The van der Waals surface area contributed by atoms with Gasteiger partial charge in [0, 0.05) is 57.6 Å². The minimum absolute atomic E-state index is 0.0891. The molecule has 0 aromatic carbocycles. The normalized spacial score (nSPS) is 21.0. The molecule has 3 aromatic rings. The molecule has 2 unspecified atom stereocenters. The number of rotatable bonds is 9. The molecule has 0 aliphatic carbocycles. The number of ether oxygens (including phenoxy) is 1. The van der Waals surface area contributed by atoms with E-state index in [1.54, 1.807) is 12.3 Å². The fourth-order valence-corrected chi connectivity index (χ4v) is 6.16. The van der Waals surface area contributed by atoms with Gasteiger partial charge in [0.2, 0.25) is 5.91 Å². The molecule has 3 aromatic heterocycles. The Labute approximate surface area is 240 Å². The molecule has 2 saturated heterocycles. The molecular weight excluding hydrogens is 524 g/mol. The maximum absolute atomic E-state index is 12.6. The molecule has 2 fully saturated rings. The van der Waals surface area contributed by atoms with Crippen molar-refractivity contribution in [2.24, 2.45) is 0 Å². The first-order valence-electron chi connectivity index (χ1n) is 14.0. The van der Waals surface area contributed by atoms with Gasteiger partial charge in [-0.25, -0.2) is 15.0 Å². The quantitative estimate of drug-likeness (QED) is 0.374. The summed E-state index contributed by atoms with van der Waals surface area (Å²) >= 11 is 1.52. The average Bonchev–Trinajstić information content (AvgIpc) is 3.30. The molecule has 2 aliphatic heterocycles. The van der Waals surface area contributed by atoms with Crippen LogP contribution in [0.15, 0.2) is 42.6 Å². The fraction of sp³-hybridized carbons (Fsp3) is 0.517. The van der Waals surface area contributed by atoms with Crippen LogP contribution in [-0.2, 0) is 16.1 Å². The summed E-state index contributed by atoms with van der Waals surface area (Å²) in [7, 11) is 3.99. The molecule has 0 saturated carbocycles. The second-order valence-corrected chi connectivity index (χ2v) is 12.1. The zero-order valence-corrected chi connectivity index (χ0v) is 24.7. The number of likely N-dealkylation sites (tertiary alicyclic amines) is 1. The Kier molecular flexibility index (Phi) is 9.25. The summed E-state index contributed by atoms with van der Waals surface area (Å²) in [6.45, 7) is 9.10. The number of thiazole rings is 1. The van der Waals surface area contributed by atoms with Crippen LogP contribution in [0.2, 0.25) is 0 Å². The summed E-state index contributed by atoms with van der Waals surface area (Å²) in [5, 5.41) is 7.86. The Hall–Kier alpha value is -3.12. The van der Waals surface area contributed by atoms with Gasteiger partial charge in [-0.05, 0) is 70.6 Å². The number of morpholine rings is 1. The number of aromatic nitrogens is 3. The molecular formula is C29H40N8O2S. The van der Waals surface area contributed by atoms with Gasteiger partial charge < -0.3 is 25.2 Å². The van der Waals surface area contributed by atoms with Crippen molar-refractivity contribution < 1.29 is 9.53 Å². The number of carbonyl (C=O) groups excluding carboxylic acids is 1. The van der Waals surface area contributed by atoms with E-state index in [9.17, 15) is 4.79 Å². The molecule has 5 rings (SSSR count). The average molecular weight is 565 g/mol. The minimum atomic E-state index is 0.0891. The van der Waals surface area contributed by atoms with E-state index in [4.69, 9.17) is 9.72 Å². The summed E-state index contributed by atoms with van der Waals surface area (Å²) in [5.74, 6) is 1.68. The van der Waals surface area contributed by atoms with E-state index in [1.165, 1.54) is 16.9 Å². The molecule has 2 atom stereocenters. The third-order valence-corrected chi connectivity index (χ3v) is 7.97. The van der Waals surface area contributed by atoms with Crippen molar-refractivity contribution in [1.82, 2.24) is 29.7 Å². The van der Waals surface area contributed by atoms with Gasteiger partial charge in [-0.2, -0.15) is 0 Å². The van der Waals surface area contributed by atoms with E-state index in [-0.39, 0.29) is 24.2 Å². The van der Waals surface area contributed by atoms with Gasteiger partial charge in [0.15, 0.2) is 5.13 Å². The summed E-state index contributed by atoms with van der Waals surface area (Å²) in [6.07, 6.45) is 7.58. The number of amides is 1. The molecule has 40 heavy (non-hydrogen) atoms. The summed E-state index contributed by atoms with van der Waals surface area (Å²) in [4.78, 5) is 33.9. The first-order valence-corrected chi connectivity index (χ1v) is 14.9. The zero-order chi connectivity index (χ0) is 28.1. The van der Waals surface area contributed by atoms with E-state index in [2.05, 4.69) is 51.5 Å². The molecule has 5 heterocycles. The summed E-state index contributed by atoms with van der Waals surface area (Å²) < 4.78 is 5.94. The smallest absolute Gasteiger partial charge is 0.246 e. The highest BCUT2D eigenvalue weighted by molar-refractivity contribution is 7.21. The number of piperidine rings is 1. The number of pyridine rings is 2. The van der Waals surface area contributed by atoms with Gasteiger partial charge >= 0.3 is 0 Å². The number of nitrogens with one attached hydrogen (secondary N) is 2. The van der Waals surface area contributed by atoms with Gasteiger partial charge in [-0.3, -0.25) is 9.69 Å². The predicted octanol–water partition coefficient (Wildman–Crippen LogP) is 3.96. The standard InChI is InChI=1S/C29H40N8O2S/c1-20-17-36(18-21(2)39-20)19-22-15-25(31-23-9-13-37(14-10-23)27(38)8-6-12-35(3)4)33-26(16-22)34-29-32-24-7-5-11-30-28(24)40-29/h5-8,11,15-16,20-21,23H,9-10,12-14,17-19H2,1-4H3,(H2,31,32,33,34). The Morgan fingerprint density at radius 2 is 1.90 bits per heavy atom. The van der Waals surface area contributed by atoms with E-state index < -0.39 is 0 Å². The predicted molar refractivity (Wildman–Crippen MR) is 161 cm³/mol. The van der Waals surface area contributed by atoms with Crippen molar-refractivity contribution in [3.05, 3.63) is 48.2 Å². The first kappa shape index (κ1) is 28.4. The van der Waals surface area contributed by atoms with Crippen LogP contribution < -0.4 is 10.6 Å². The first-order chi connectivity index (χ1) is 19.3. The molecule has 11 heteroatoms. The molecule has 10 nitrogen and oxygen atoms in total. The fourth-order valence-electron chi connectivity index (χ4n) is 5.34. The lowest BCUT2D eigenvalue weighted by Crippen LogP contribution is -2.44. The number of likely N-dealkylation sites (N-methyl/N-ethyl adjacent to an activating group) is 1. The number of anilines is 3. The second-order valence-electron chi connectivity index (χ2n) is 11.1. The zero-order valence-electron chi connectivity index (χ0n) is 23.8. The van der Waals surface area contributed by atoms with Gasteiger partial charge in [0.1, 0.15) is 22.0 Å². The Balaban J connectivity index is 1.28. The van der Waals surface area contributed by atoms with Gasteiger partial charge in [-0.1, -0.05) is 17.4 Å². The molecule has 2 aliphatic rings. The lowest BCUT2D eigenvalue weighted by Gasteiger charge is -2.35. The second kappa shape index (κ2) is 13.0.